The summed E-state index contributed by atoms with van der Waals surface area (Å²) in [6.45, 7) is 0.521. The highest BCUT2D eigenvalue weighted by Crippen LogP contribution is 2.35. The second-order valence-electron chi connectivity index (χ2n) is 7.72. The predicted octanol–water partition coefficient (Wildman–Crippen LogP) is 2.19. The summed E-state index contributed by atoms with van der Waals surface area (Å²) in [7, 11) is 0. The van der Waals surface area contributed by atoms with Crippen LogP contribution in [0.5, 0.6) is 0 Å². The van der Waals surface area contributed by atoms with Crippen molar-refractivity contribution in [2.45, 2.75) is 51.0 Å². The van der Waals surface area contributed by atoms with E-state index in [1.54, 1.807) is 24.3 Å². The Labute approximate surface area is 163 Å². The lowest BCUT2D eigenvalue weighted by Gasteiger charge is -2.44. The van der Waals surface area contributed by atoms with Crippen LogP contribution in [0.1, 0.15) is 44.2 Å². The summed E-state index contributed by atoms with van der Waals surface area (Å²) in [4.78, 5) is 38.7. The van der Waals surface area contributed by atoms with Gasteiger partial charge in [-0.1, -0.05) is 31.0 Å². The van der Waals surface area contributed by atoms with E-state index in [1.807, 2.05) is 4.90 Å². The van der Waals surface area contributed by atoms with Crippen LogP contribution in [-0.2, 0) is 20.7 Å². The molecule has 0 unspecified atom stereocenters. The van der Waals surface area contributed by atoms with E-state index in [-0.39, 0.29) is 24.5 Å². The molecule has 7 heteroatoms. The van der Waals surface area contributed by atoms with E-state index in [0.29, 0.717) is 28.4 Å². The predicted molar refractivity (Wildman–Crippen MR) is 104 cm³/mol. The molecule has 28 heavy (non-hydrogen) atoms. The quantitative estimate of drug-likeness (QED) is 0.817. The molecule has 7 nitrogen and oxygen atoms in total. The van der Waals surface area contributed by atoms with Gasteiger partial charge in [-0.3, -0.25) is 14.4 Å². The normalized spacial score (nSPS) is 21.9. The van der Waals surface area contributed by atoms with Gasteiger partial charge in [0, 0.05) is 18.0 Å². The molecule has 2 aliphatic rings. The summed E-state index contributed by atoms with van der Waals surface area (Å²) in [5.41, 5.74) is 0.146. The van der Waals surface area contributed by atoms with Crippen LogP contribution >= 0.6 is 0 Å². The summed E-state index contributed by atoms with van der Waals surface area (Å²) in [5.74, 6) is -0.0293. The van der Waals surface area contributed by atoms with Gasteiger partial charge in [-0.05, 0) is 37.7 Å². The van der Waals surface area contributed by atoms with Crippen molar-refractivity contribution in [2.24, 2.45) is 5.92 Å². The Morgan fingerprint density at radius 1 is 1.11 bits per heavy atom. The third-order valence-electron chi connectivity index (χ3n) is 6.01. The monoisotopic (exact) mass is 383 g/mol. The Balaban J connectivity index is 1.38. The number of hydrogen-bond acceptors (Lipinski definition) is 5. The van der Waals surface area contributed by atoms with Crippen LogP contribution in [0.4, 0.5) is 0 Å². The first-order valence-corrected chi connectivity index (χ1v) is 10.0. The van der Waals surface area contributed by atoms with Crippen molar-refractivity contribution in [3.8, 4) is 0 Å². The molecule has 4 rings (SSSR count). The standard InChI is InChI=1S/C21H25N3O4/c25-19(24-11-5-7-14-6-1-4-10-18(14)24)13-28-20(26)12-17-15-8-2-3-9-16(15)21(27)23-22-17/h2-3,8-9,14,18H,1,4-7,10-13H2,(H,23,27)/t14-,18-/m1/s1. The number of aromatic nitrogens is 2. The zero-order valence-corrected chi connectivity index (χ0v) is 15.9. The number of H-pyrrole nitrogens is 1. The van der Waals surface area contributed by atoms with Gasteiger partial charge >= 0.3 is 5.97 Å². The molecule has 1 aromatic carbocycles. The molecule has 1 amide bonds. The molecule has 2 aromatic rings. The number of likely N-dealkylation sites (tertiary alicyclic amines) is 1. The highest BCUT2D eigenvalue weighted by molar-refractivity contribution is 5.87. The molecule has 1 aliphatic heterocycles. The Kier molecular flexibility index (Phi) is 5.41. The number of nitrogens with zero attached hydrogens (tertiary/aromatic N) is 2. The highest BCUT2D eigenvalue weighted by atomic mass is 16.5. The fourth-order valence-corrected chi connectivity index (χ4v) is 4.65. The molecule has 148 valence electrons. The molecule has 1 saturated heterocycles. The molecule has 2 atom stereocenters. The first-order valence-electron chi connectivity index (χ1n) is 10.0. The lowest BCUT2D eigenvalue weighted by Crippen LogP contribution is -2.50. The number of ether oxygens (including phenoxy) is 1. The number of benzene rings is 1. The summed E-state index contributed by atoms with van der Waals surface area (Å²) in [6.07, 6.45) is 6.79. The van der Waals surface area contributed by atoms with Crippen molar-refractivity contribution < 1.29 is 14.3 Å². The maximum absolute atomic E-state index is 12.7. The molecule has 2 heterocycles. The fourth-order valence-electron chi connectivity index (χ4n) is 4.65. The first-order chi connectivity index (χ1) is 13.6. The van der Waals surface area contributed by atoms with Gasteiger partial charge in [0.05, 0.1) is 17.5 Å². The van der Waals surface area contributed by atoms with Crippen LogP contribution < -0.4 is 5.56 Å². The number of fused-ring (bicyclic) bond motifs is 2. The van der Waals surface area contributed by atoms with Crippen LogP contribution in [0.2, 0.25) is 0 Å². The maximum Gasteiger partial charge on any atom is 0.312 e. The molecule has 1 saturated carbocycles. The van der Waals surface area contributed by atoms with Crippen molar-refractivity contribution in [3.05, 3.63) is 40.3 Å². The van der Waals surface area contributed by atoms with Crippen LogP contribution in [0.3, 0.4) is 0 Å². The Morgan fingerprint density at radius 2 is 1.86 bits per heavy atom. The molecule has 0 spiro atoms. The minimum Gasteiger partial charge on any atom is -0.455 e. The van der Waals surface area contributed by atoms with E-state index in [1.165, 1.54) is 19.3 Å². The number of carbonyl (C=O) groups excluding carboxylic acids is 2. The summed E-state index contributed by atoms with van der Waals surface area (Å²) >= 11 is 0. The van der Waals surface area contributed by atoms with Crippen LogP contribution in [0.15, 0.2) is 29.1 Å². The smallest absolute Gasteiger partial charge is 0.312 e. The Hall–Kier alpha value is -2.70. The van der Waals surface area contributed by atoms with Crippen LogP contribution in [0.25, 0.3) is 10.8 Å². The van der Waals surface area contributed by atoms with Gasteiger partial charge in [0.2, 0.25) is 0 Å². The number of carbonyl (C=O) groups is 2. The van der Waals surface area contributed by atoms with E-state index in [9.17, 15) is 14.4 Å². The minimum absolute atomic E-state index is 0.0867. The van der Waals surface area contributed by atoms with Crippen molar-refractivity contribution >= 4 is 22.6 Å². The van der Waals surface area contributed by atoms with Crippen molar-refractivity contribution in [2.75, 3.05) is 13.2 Å². The average molecular weight is 383 g/mol. The average Bonchev–Trinajstić information content (AvgIpc) is 2.74. The first kappa shape index (κ1) is 18.7. The van der Waals surface area contributed by atoms with Gasteiger partial charge in [0.1, 0.15) is 0 Å². The summed E-state index contributed by atoms with van der Waals surface area (Å²) < 4.78 is 5.26. The molecule has 1 N–H and O–H groups in total. The zero-order valence-electron chi connectivity index (χ0n) is 15.9. The third kappa shape index (κ3) is 3.79. The number of nitrogens with one attached hydrogen (secondary N) is 1. The zero-order chi connectivity index (χ0) is 19.5. The SMILES string of the molecule is O=C(Cc1n[nH]c(=O)c2ccccc12)OCC(=O)N1CCC[C@H]2CCCC[C@H]21. The molecule has 1 aliphatic carbocycles. The Morgan fingerprint density at radius 3 is 2.71 bits per heavy atom. The van der Waals surface area contributed by atoms with Gasteiger partial charge in [-0.25, -0.2) is 5.10 Å². The molecule has 0 bridgehead atoms. The van der Waals surface area contributed by atoms with Gasteiger partial charge < -0.3 is 9.64 Å². The third-order valence-corrected chi connectivity index (χ3v) is 6.01. The summed E-state index contributed by atoms with van der Waals surface area (Å²) in [5, 5.41) is 7.49. The molecular weight excluding hydrogens is 358 g/mol. The minimum atomic E-state index is -0.518. The molecule has 2 fully saturated rings. The Bertz CT molecular complexity index is 937. The van der Waals surface area contributed by atoms with E-state index in [0.717, 1.165) is 25.8 Å². The molecule has 0 radical (unpaired) electrons. The van der Waals surface area contributed by atoms with Crippen LogP contribution in [-0.4, -0.2) is 46.2 Å². The summed E-state index contributed by atoms with van der Waals surface area (Å²) in [6, 6.07) is 7.29. The second-order valence-corrected chi connectivity index (χ2v) is 7.72. The topological polar surface area (TPSA) is 92.4 Å². The van der Waals surface area contributed by atoms with Crippen molar-refractivity contribution in [3.63, 3.8) is 0 Å². The van der Waals surface area contributed by atoms with Crippen molar-refractivity contribution in [1.29, 1.82) is 0 Å². The van der Waals surface area contributed by atoms with Crippen LogP contribution in [0, 0.1) is 5.92 Å². The second kappa shape index (κ2) is 8.12. The van der Waals surface area contributed by atoms with E-state index in [2.05, 4.69) is 10.2 Å². The van der Waals surface area contributed by atoms with Gasteiger partial charge in [-0.15, -0.1) is 0 Å². The lowest BCUT2D eigenvalue weighted by atomic mass is 9.78. The van der Waals surface area contributed by atoms with Gasteiger partial charge in [0.15, 0.2) is 6.61 Å². The molecule has 1 aromatic heterocycles. The van der Waals surface area contributed by atoms with E-state index >= 15 is 0 Å². The van der Waals surface area contributed by atoms with Crippen molar-refractivity contribution in [1.82, 2.24) is 15.1 Å². The number of rotatable bonds is 4. The number of amides is 1. The fraction of sp³-hybridized carbons (Fsp3) is 0.524. The van der Waals surface area contributed by atoms with E-state index in [4.69, 9.17) is 4.74 Å². The van der Waals surface area contributed by atoms with Gasteiger partial charge in [0.25, 0.3) is 11.5 Å². The highest BCUT2D eigenvalue weighted by Gasteiger charge is 2.35. The largest absolute Gasteiger partial charge is 0.455 e. The number of esters is 1. The number of aromatic amines is 1. The number of piperidine rings is 1. The van der Waals surface area contributed by atoms with Gasteiger partial charge in [-0.2, -0.15) is 5.10 Å². The van der Waals surface area contributed by atoms with E-state index < -0.39 is 5.97 Å². The number of hydrogen-bond donors (Lipinski definition) is 1. The lowest BCUT2D eigenvalue weighted by molar-refractivity contribution is -0.154. The maximum atomic E-state index is 12.7. The molecular formula is C21H25N3O4.